The highest BCUT2D eigenvalue weighted by Gasteiger charge is 2.49. The maximum Gasteiger partial charge on any atom is 0.324 e. The summed E-state index contributed by atoms with van der Waals surface area (Å²) >= 11 is 1.22. The number of hydrogen-bond donors (Lipinski definition) is 6. The monoisotopic (exact) mass is 325 g/mol. The van der Waals surface area contributed by atoms with E-state index in [1.165, 1.54) is 18.9 Å². The van der Waals surface area contributed by atoms with E-state index in [0.717, 1.165) is 0 Å². The normalized spacial score (nSPS) is 30.5. The maximum absolute atomic E-state index is 11.7. The van der Waals surface area contributed by atoms with Gasteiger partial charge in [-0.05, 0) is 13.8 Å². The van der Waals surface area contributed by atoms with E-state index in [1.54, 1.807) is 13.8 Å². The van der Waals surface area contributed by atoms with Gasteiger partial charge in [0.2, 0.25) is 0 Å². The number of hydrogen-bond acceptors (Lipinski definition) is 9. The van der Waals surface area contributed by atoms with Gasteiger partial charge in [-0.15, -0.1) is 11.8 Å². The van der Waals surface area contributed by atoms with Crippen molar-refractivity contribution < 1.29 is 35.1 Å². The molecule has 9 heteroatoms. The predicted octanol–water partition coefficient (Wildman–Crippen LogP) is -2.59. The van der Waals surface area contributed by atoms with Crippen molar-refractivity contribution in [3.05, 3.63) is 0 Å². The molecule has 1 aliphatic heterocycles. The third-order valence-corrected chi connectivity index (χ3v) is 5.00. The summed E-state index contributed by atoms with van der Waals surface area (Å²) in [5.41, 5.74) is 0. The van der Waals surface area contributed by atoms with Crippen LogP contribution < -0.4 is 5.32 Å². The van der Waals surface area contributed by atoms with Crippen LogP contribution in [0.2, 0.25) is 0 Å². The van der Waals surface area contributed by atoms with E-state index < -0.39 is 53.2 Å². The third kappa shape index (κ3) is 4.07. The number of ether oxygens (including phenoxy) is 1. The zero-order valence-electron chi connectivity index (χ0n) is 12.1. The lowest BCUT2D eigenvalue weighted by Gasteiger charge is -2.29. The lowest BCUT2D eigenvalue weighted by Crippen LogP contribution is -2.53. The Morgan fingerprint density at radius 3 is 2.33 bits per heavy atom. The lowest BCUT2D eigenvalue weighted by molar-refractivity contribution is -0.144. The van der Waals surface area contributed by atoms with Gasteiger partial charge in [-0.25, -0.2) is 0 Å². The Bertz CT molecular complexity index is 368. The van der Waals surface area contributed by atoms with Gasteiger partial charge in [0.05, 0.1) is 19.1 Å². The molecule has 0 saturated carbocycles. The molecule has 0 aromatic carbocycles. The highest BCUT2D eigenvalue weighted by molar-refractivity contribution is 8.01. The fourth-order valence-electron chi connectivity index (χ4n) is 2.15. The summed E-state index contributed by atoms with van der Waals surface area (Å²) in [6.45, 7) is 2.82. The van der Waals surface area contributed by atoms with Gasteiger partial charge in [0.1, 0.15) is 30.5 Å². The van der Waals surface area contributed by atoms with Crippen LogP contribution in [0.25, 0.3) is 0 Å². The molecular formula is C12H23NO7S. The molecule has 0 bridgehead atoms. The van der Waals surface area contributed by atoms with Crippen LogP contribution in [0.5, 0.6) is 0 Å². The first kappa shape index (κ1) is 18.6. The van der Waals surface area contributed by atoms with Crippen LogP contribution >= 0.6 is 11.8 Å². The SMILES string of the molecule is COC(=O)C1NC(C(O)C(O)C(O)C(O)CO)SC1(C)C. The number of methoxy groups -OCH3 is 1. The first-order valence-corrected chi connectivity index (χ1v) is 7.38. The van der Waals surface area contributed by atoms with Gasteiger partial charge >= 0.3 is 5.97 Å². The number of rotatable bonds is 6. The molecule has 1 rings (SSSR count). The zero-order chi connectivity index (χ0) is 16.4. The Kier molecular flexibility index (Phi) is 6.41. The number of carbonyl (C=O) groups excluding carboxylic acids is 1. The van der Waals surface area contributed by atoms with Crippen molar-refractivity contribution in [2.24, 2.45) is 0 Å². The van der Waals surface area contributed by atoms with E-state index in [4.69, 9.17) is 5.11 Å². The second-order valence-corrected chi connectivity index (χ2v) is 7.28. The van der Waals surface area contributed by atoms with Crippen molar-refractivity contribution in [2.45, 2.75) is 54.4 Å². The van der Waals surface area contributed by atoms with Crippen molar-refractivity contribution >= 4 is 17.7 Å². The maximum atomic E-state index is 11.7. The first-order valence-electron chi connectivity index (χ1n) is 6.50. The summed E-state index contributed by atoms with van der Waals surface area (Å²) in [4.78, 5) is 11.7. The van der Waals surface area contributed by atoms with E-state index in [2.05, 4.69) is 10.1 Å². The number of carbonyl (C=O) groups is 1. The molecule has 1 heterocycles. The largest absolute Gasteiger partial charge is 0.468 e. The Morgan fingerprint density at radius 2 is 1.86 bits per heavy atom. The van der Waals surface area contributed by atoms with Crippen molar-refractivity contribution in [3.63, 3.8) is 0 Å². The molecule has 0 aromatic rings. The van der Waals surface area contributed by atoms with Crippen LogP contribution in [-0.2, 0) is 9.53 Å². The van der Waals surface area contributed by atoms with Gasteiger partial charge in [0.15, 0.2) is 0 Å². The highest BCUT2D eigenvalue weighted by atomic mass is 32.2. The fraction of sp³-hybridized carbons (Fsp3) is 0.917. The summed E-state index contributed by atoms with van der Waals surface area (Å²) < 4.78 is 4.10. The topological polar surface area (TPSA) is 139 Å². The summed E-state index contributed by atoms with van der Waals surface area (Å²) in [5.74, 6) is -0.493. The van der Waals surface area contributed by atoms with E-state index in [1.807, 2.05) is 0 Å². The number of esters is 1. The molecular weight excluding hydrogens is 302 g/mol. The molecule has 124 valence electrons. The zero-order valence-corrected chi connectivity index (χ0v) is 12.9. The Balaban J connectivity index is 2.76. The number of thioether (sulfide) groups is 1. The van der Waals surface area contributed by atoms with Crippen LogP contribution in [0.4, 0.5) is 0 Å². The second-order valence-electron chi connectivity index (χ2n) is 5.49. The molecule has 21 heavy (non-hydrogen) atoms. The lowest BCUT2D eigenvalue weighted by atomic mass is 10.0. The molecule has 6 N–H and O–H groups in total. The minimum atomic E-state index is -1.70. The van der Waals surface area contributed by atoms with Gasteiger partial charge in [-0.2, -0.15) is 0 Å². The minimum Gasteiger partial charge on any atom is -0.468 e. The molecule has 1 saturated heterocycles. The molecule has 0 aliphatic carbocycles. The first-order chi connectivity index (χ1) is 9.65. The van der Waals surface area contributed by atoms with Gasteiger partial charge in [0.25, 0.3) is 0 Å². The summed E-state index contributed by atoms with van der Waals surface area (Å²) in [7, 11) is 1.25. The molecule has 1 fully saturated rings. The summed E-state index contributed by atoms with van der Waals surface area (Å²) in [6, 6.07) is -0.681. The van der Waals surface area contributed by atoms with Crippen molar-refractivity contribution in [2.75, 3.05) is 13.7 Å². The smallest absolute Gasteiger partial charge is 0.324 e. The number of aliphatic hydroxyl groups excluding tert-OH is 5. The molecule has 0 aromatic heterocycles. The van der Waals surface area contributed by atoms with E-state index >= 15 is 0 Å². The van der Waals surface area contributed by atoms with Gasteiger partial charge in [0, 0.05) is 4.75 Å². The molecule has 0 radical (unpaired) electrons. The molecule has 1 aliphatic rings. The van der Waals surface area contributed by atoms with Crippen LogP contribution in [0.1, 0.15) is 13.8 Å². The Morgan fingerprint density at radius 1 is 1.29 bits per heavy atom. The molecule has 8 nitrogen and oxygen atoms in total. The third-order valence-electron chi connectivity index (χ3n) is 3.49. The molecule has 0 amide bonds. The molecule has 0 spiro atoms. The van der Waals surface area contributed by atoms with Gasteiger partial charge in [-0.1, -0.05) is 0 Å². The van der Waals surface area contributed by atoms with E-state index in [0.29, 0.717) is 0 Å². The summed E-state index contributed by atoms with van der Waals surface area (Å²) in [5, 5.41) is 49.7. The Labute approximate surface area is 127 Å². The number of aliphatic hydroxyl groups is 5. The molecule has 6 unspecified atom stereocenters. The van der Waals surface area contributed by atoms with Crippen molar-refractivity contribution in [1.82, 2.24) is 5.32 Å². The second kappa shape index (κ2) is 7.23. The predicted molar refractivity (Wildman–Crippen MR) is 75.5 cm³/mol. The van der Waals surface area contributed by atoms with Gasteiger partial charge in [-0.3, -0.25) is 10.1 Å². The standard InChI is InChI=1S/C12H23NO7S/c1-12(2)9(11(19)20-3)13-10(21-12)8(18)7(17)6(16)5(15)4-14/h5-10,13-18H,4H2,1-3H3. The number of nitrogens with one attached hydrogen (secondary N) is 1. The quantitative estimate of drug-likeness (QED) is 0.290. The van der Waals surface area contributed by atoms with Gasteiger partial charge < -0.3 is 30.3 Å². The fourth-order valence-corrected chi connectivity index (χ4v) is 3.61. The van der Waals surface area contributed by atoms with Crippen LogP contribution in [0.15, 0.2) is 0 Å². The van der Waals surface area contributed by atoms with Crippen LogP contribution in [-0.4, -0.2) is 85.8 Å². The summed E-state index contributed by atoms with van der Waals surface area (Å²) in [6.07, 6.45) is -6.39. The van der Waals surface area contributed by atoms with Crippen LogP contribution in [0, 0.1) is 0 Å². The van der Waals surface area contributed by atoms with Crippen molar-refractivity contribution in [1.29, 1.82) is 0 Å². The minimum absolute atomic E-state index is 0.493. The average molecular weight is 325 g/mol. The highest BCUT2D eigenvalue weighted by Crippen LogP contribution is 2.40. The average Bonchev–Trinajstić information content (AvgIpc) is 2.78. The Hall–Kier alpha value is -0.420. The van der Waals surface area contributed by atoms with E-state index in [9.17, 15) is 25.2 Å². The van der Waals surface area contributed by atoms with Crippen LogP contribution in [0.3, 0.4) is 0 Å². The molecule has 6 atom stereocenters. The van der Waals surface area contributed by atoms with E-state index in [-0.39, 0.29) is 0 Å². The van der Waals surface area contributed by atoms with Crippen molar-refractivity contribution in [3.8, 4) is 0 Å².